The summed E-state index contributed by atoms with van der Waals surface area (Å²) in [7, 11) is 0. The molecule has 0 bridgehead atoms. The fourth-order valence-corrected chi connectivity index (χ4v) is 3.24. The lowest BCUT2D eigenvalue weighted by molar-refractivity contribution is 0.433. The fourth-order valence-electron chi connectivity index (χ4n) is 3.24. The minimum absolute atomic E-state index is 0.506. The van der Waals surface area contributed by atoms with Gasteiger partial charge in [0.05, 0.1) is 0 Å². The number of aryl methyl sites for hydroxylation is 1. The Labute approximate surface area is 130 Å². The lowest BCUT2D eigenvalue weighted by atomic mass is 9.96. The molecule has 1 atom stereocenters. The number of nitrogens with zero attached hydrogens (tertiary/aromatic N) is 2. The largest absolute Gasteiger partial charge is 0.368 e. The van der Waals surface area contributed by atoms with Crippen molar-refractivity contribution < 1.29 is 0 Å². The molecule has 3 nitrogen and oxygen atoms in total. The first-order chi connectivity index (χ1) is 10.1. The Morgan fingerprint density at radius 3 is 2.90 bits per heavy atom. The highest BCUT2D eigenvalue weighted by Gasteiger charge is 2.24. The van der Waals surface area contributed by atoms with Gasteiger partial charge in [-0.1, -0.05) is 27.2 Å². The fraction of sp³-hybridized carbons (Fsp3) is 0.722. The van der Waals surface area contributed by atoms with Gasteiger partial charge in [0.15, 0.2) is 0 Å². The molecule has 1 aromatic rings. The second-order valence-electron chi connectivity index (χ2n) is 6.62. The number of pyridine rings is 1. The summed E-state index contributed by atoms with van der Waals surface area (Å²) in [6, 6.07) is 3.50. The van der Waals surface area contributed by atoms with Crippen LogP contribution in [-0.4, -0.2) is 23.6 Å². The van der Waals surface area contributed by atoms with E-state index in [1.165, 1.54) is 49.9 Å². The summed E-state index contributed by atoms with van der Waals surface area (Å²) in [5, 5.41) is 3.54. The van der Waals surface area contributed by atoms with E-state index in [4.69, 9.17) is 0 Å². The number of anilines is 1. The molecule has 118 valence electrons. The summed E-state index contributed by atoms with van der Waals surface area (Å²) in [5.41, 5.74) is 3.88. The average Bonchev–Trinajstić information content (AvgIpc) is 2.47. The van der Waals surface area contributed by atoms with Crippen molar-refractivity contribution in [1.29, 1.82) is 0 Å². The summed E-state index contributed by atoms with van der Waals surface area (Å²) in [6.45, 7) is 10.9. The molecule has 0 aromatic carbocycles. The van der Waals surface area contributed by atoms with Crippen molar-refractivity contribution in [3.63, 3.8) is 0 Å². The molecule has 0 aliphatic carbocycles. The van der Waals surface area contributed by atoms with E-state index in [1.807, 2.05) is 0 Å². The van der Waals surface area contributed by atoms with Gasteiger partial charge in [0.25, 0.3) is 0 Å². The third-order valence-electron chi connectivity index (χ3n) is 4.36. The molecular formula is C18H31N3. The third-order valence-corrected chi connectivity index (χ3v) is 4.36. The smallest absolute Gasteiger partial charge is 0.0448 e. The van der Waals surface area contributed by atoms with Crippen LogP contribution in [-0.2, 0) is 6.54 Å². The maximum atomic E-state index is 4.52. The van der Waals surface area contributed by atoms with Crippen molar-refractivity contribution in [3.8, 4) is 0 Å². The maximum absolute atomic E-state index is 4.52. The Bertz CT molecular complexity index is 440. The lowest BCUT2D eigenvalue weighted by Crippen LogP contribution is -2.40. The molecule has 1 fully saturated rings. The van der Waals surface area contributed by atoms with Crippen LogP contribution in [0.4, 0.5) is 5.69 Å². The van der Waals surface area contributed by atoms with E-state index in [0.717, 1.165) is 12.2 Å². The topological polar surface area (TPSA) is 28.2 Å². The minimum Gasteiger partial charge on any atom is -0.368 e. The van der Waals surface area contributed by atoms with E-state index in [1.54, 1.807) is 0 Å². The van der Waals surface area contributed by atoms with Crippen molar-refractivity contribution in [2.45, 2.75) is 78.4 Å². The normalized spacial score (nSPS) is 19.3. The Morgan fingerprint density at radius 2 is 2.19 bits per heavy atom. The van der Waals surface area contributed by atoms with E-state index >= 15 is 0 Å². The van der Waals surface area contributed by atoms with Crippen LogP contribution >= 0.6 is 0 Å². The Kier molecular flexibility index (Phi) is 6.04. The predicted octanol–water partition coefficient (Wildman–Crippen LogP) is 4.05. The van der Waals surface area contributed by atoms with Gasteiger partial charge in [-0.25, -0.2) is 0 Å². The van der Waals surface area contributed by atoms with Crippen molar-refractivity contribution in [2.75, 3.05) is 11.4 Å². The summed E-state index contributed by atoms with van der Waals surface area (Å²) >= 11 is 0. The summed E-state index contributed by atoms with van der Waals surface area (Å²) in [4.78, 5) is 7.17. The van der Waals surface area contributed by atoms with Crippen LogP contribution < -0.4 is 10.2 Å². The number of rotatable bonds is 6. The summed E-state index contributed by atoms with van der Waals surface area (Å²) in [6.07, 6.45) is 8.68. The molecule has 0 radical (unpaired) electrons. The molecule has 2 rings (SSSR count). The number of hydrogen-bond donors (Lipinski definition) is 1. The molecule has 0 saturated carbocycles. The zero-order valence-corrected chi connectivity index (χ0v) is 14.2. The van der Waals surface area contributed by atoms with E-state index in [0.29, 0.717) is 12.1 Å². The second kappa shape index (κ2) is 7.79. The lowest BCUT2D eigenvalue weighted by Gasteiger charge is -2.39. The van der Waals surface area contributed by atoms with Gasteiger partial charge < -0.3 is 10.2 Å². The van der Waals surface area contributed by atoms with Crippen LogP contribution in [0.15, 0.2) is 12.3 Å². The van der Waals surface area contributed by atoms with Crippen molar-refractivity contribution in [2.24, 2.45) is 0 Å². The standard InChI is InChI=1S/C18H31N3/c1-5-8-17-9-6-7-10-21(17)18-11-15(4)20-13-16(18)12-19-14(2)3/h11,13-14,17,19H,5-10,12H2,1-4H3. The molecule has 1 aliphatic rings. The van der Waals surface area contributed by atoms with Gasteiger partial charge in [-0.15, -0.1) is 0 Å². The first kappa shape index (κ1) is 16.3. The molecule has 0 spiro atoms. The number of piperidine rings is 1. The molecule has 0 amide bonds. The molecule has 1 saturated heterocycles. The van der Waals surface area contributed by atoms with Crippen molar-refractivity contribution in [1.82, 2.24) is 10.3 Å². The van der Waals surface area contributed by atoms with Gasteiger partial charge in [-0.2, -0.15) is 0 Å². The van der Waals surface area contributed by atoms with Gasteiger partial charge in [-0.05, 0) is 38.7 Å². The molecular weight excluding hydrogens is 258 g/mol. The molecule has 1 N–H and O–H groups in total. The zero-order chi connectivity index (χ0) is 15.2. The average molecular weight is 289 g/mol. The highest BCUT2D eigenvalue weighted by atomic mass is 15.2. The summed E-state index contributed by atoms with van der Waals surface area (Å²) < 4.78 is 0. The second-order valence-corrected chi connectivity index (χ2v) is 6.62. The van der Waals surface area contributed by atoms with Crippen LogP contribution in [0.5, 0.6) is 0 Å². The zero-order valence-electron chi connectivity index (χ0n) is 14.2. The number of hydrogen-bond acceptors (Lipinski definition) is 3. The van der Waals surface area contributed by atoms with Crippen molar-refractivity contribution >= 4 is 5.69 Å². The van der Waals surface area contributed by atoms with Crippen LogP contribution in [0.25, 0.3) is 0 Å². The highest BCUT2D eigenvalue weighted by Crippen LogP contribution is 2.30. The molecule has 1 aliphatic heterocycles. The summed E-state index contributed by atoms with van der Waals surface area (Å²) in [5.74, 6) is 0. The highest BCUT2D eigenvalue weighted by molar-refractivity contribution is 5.54. The minimum atomic E-state index is 0.506. The Balaban J connectivity index is 2.24. The van der Waals surface area contributed by atoms with Gasteiger partial charge in [0.2, 0.25) is 0 Å². The monoisotopic (exact) mass is 289 g/mol. The van der Waals surface area contributed by atoms with Crippen LogP contribution in [0.1, 0.15) is 64.1 Å². The van der Waals surface area contributed by atoms with Crippen LogP contribution in [0, 0.1) is 6.92 Å². The van der Waals surface area contributed by atoms with E-state index < -0.39 is 0 Å². The van der Waals surface area contributed by atoms with Gasteiger partial charge in [0.1, 0.15) is 0 Å². The third kappa shape index (κ3) is 4.44. The Hall–Kier alpha value is -1.09. The molecule has 1 unspecified atom stereocenters. The van der Waals surface area contributed by atoms with E-state index in [9.17, 15) is 0 Å². The number of nitrogens with one attached hydrogen (secondary N) is 1. The molecule has 1 aromatic heterocycles. The first-order valence-corrected chi connectivity index (χ1v) is 8.57. The van der Waals surface area contributed by atoms with E-state index in [2.05, 4.69) is 55.2 Å². The van der Waals surface area contributed by atoms with Gasteiger partial charge in [-0.3, -0.25) is 4.98 Å². The van der Waals surface area contributed by atoms with Gasteiger partial charge >= 0.3 is 0 Å². The first-order valence-electron chi connectivity index (χ1n) is 8.57. The Morgan fingerprint density at radius 1 is 1.38 bits per heavy atom. The predicted molar refractivity (Wildman–Crippen MR) is 90.8 cm³/mol. The van der Waals surface area contributed by atoms with Gasteiger partial charge in [0, 0.05) is 48.3 Å². The molecule has 3 heteroatoms. The molecule has 2 heterocycles. The van der Waals surface area contributed by atoms with Crippen LogP contribution in [0.3, 0.4) is 0 Å². The quantitative estimate of drug-likeness (QED) is 0.856. The number of aromatic nitrogens is 1. The molecule has 21 heavy (non-hydrogen) atoms. The van der Waals surface area contributed by atoms with Crippen molar-refractivity contribution in [3.05, 3.63) is 23.5 Å². The van der Waals surface area contributed by atoms with Crippen LogP contribution in [0.2, 0.25) is 0 Å². The SMILES string of the molecule is CCCC1CCCCN1c1cc(C)ncc1CNC(C)C. The van der Waals surface area contributed by atoms with E-state index in [-0.39, 0.29) is 0 Å². The maximum Gasteiger partial charge on any atom is 0.0448 e.